The molecule has 3 aromatic rings. The van der Waals surface area contributed by atoms with Gasteiger partial charge in [0.2, 0.25) is 0 Å². The van der Waals surface area contributed by atoms with E-state index in [1.165, 1.54) is 0 Å². The molecule has 2 heterocycles. The van der Waals surface area contributed by atoms with E-state index >= 15 is 0 Å². The van der Waals surface area contributed by atoms with E-state index in [0.29, 0.717) is 31.2 Å². The Morgan fingerprint density at radius 3 is 2.56 bits per heavy atom. The molecular weight excluding hydrogens is 492 g/mol. The summed E-state index contributed by atoms with van der Waals surface area (Å²) in [4.78, 5) is 30.5. The van der Waals surface area contributed by atoms with Gasteiger partial charge in [-0.25, -0.2) is 0 Å². The first-order valence-corrected chi connectivity index (χ1v) is 13.3. The van der Waals surface area contributed by atoms with Crippen LogP contribution >= 0.6 is 0 Å². The fraction of sp³-hybridized carbons (Fsp3) is 0.312. The molecule has 2 aliphatic heterocycles. The Balaban J connectivity index is 1.54. The minimum atomic E-state index is -0.730. The van der Waals surface area contributed by atoms with E-state index in [1.807, 2.05) is 67.4 Å². The number of rotatable bonds is 7. The number of carbonyl (C=O) groups excluding carboxylic acids is 2. The predicted octanol–water partition coefficient (Wildman–Crippen LogP) is 5.48. The number of likely N-dealkylation sites (N-methyl/N-ethyl adjacent to an activating group) is 1. The average Bonchev–Trinajstić information content (AvgIpc) is 3.17. The molecule has 1 saturated heterocycles. The van der Waals surface area contributed by atoms with Gasteiger partial charge in [0.05, 0.1) is 30.5 Å². The summed E-state index contributed by atoms with van der Waals surface area (Å²) in [6.45, 7) is 8.27. The van der Waals surface area contributed by atoms with Crippen molar-refractivity contribution >= 4 is 23.1 Å². The Labute approximate surface area is 229 Å². The molecule has 39 heavy (non-hydrogen) atoms. The molecule has 0 aromatic heterocycles. The van der Waals surface area contributed by atoms with Crippen LogP contribution in [-0.2, 0) is 16.1 Å². The van der Waals surface area contributed by atoms with Gasteiger partial charge in [-0.3, -0.25) is 9.59 Å². The van der Waals surface area contributed by atoms with Crippen LogP contribution in [0.4, 0.5) is 5.69 Å². The van der Waals surface area contributed by atoms with Crippen LogP contribution in [0.15, 0.2) is 72.3 Å². The largest absolute Gasteiger partial charge is 0.507 e. The van der Waals surface area contributed by atoms with Crippen LogP contribution in [-0.4, -0.2) is 48.5 Å². The van der Waals surface area contributed by atoms with Gasteiger partial charge in [-0.15, -0.1) is 0 Å². The zero-order valence-corrected chi connectivity index (χ0v) is 22.8. The van der Waals surface area contributed by atoms with Crippen molar-refractivity contribution < 1.29 is 24.2 Å². The van der Waals surface area contributed by atoms with Gasteiger partial charge in [-0.1, -0.05) is 55.8 Å². The van der Waals surface area contributed by atoms with Crippen molar-refractivity contribution in [3.05, 3.63) is 94.6 Å². The second kappa shape index (κ2) is 10.8. The lowest BCUT2D eigenvalue weighted by Gasteiger charge is -2.28. The fourth-order valence-electron chi connectivity index (χ4n) is 5.03. The van der Waals surface area contributed by atoms with E-state index in [0.717, 1.165) is 33.9 Å². The lowest BCUT2D eigenvalue weighted by molar-refractivity contribution is -0.140. The topological polar surface area (TPSA) is 79.3 Å². The molecule has 7 nitrogen and oxygen atoms in total. The average molecular weight is 527 g/mol. The van der Waals surface area contributed by atoms with Crippen LogP contribution < -0.4 is 14.4 Å². The van der Waals surface area contributed by atoms with E-state index in [2.05, 4.69) is 13.8 Å². The molecular formula is C32H34N2O5. The summed E-state index contributed by atoms with van der Waals surface area (Å²) in [6.07, 6.45) is 0. The second-order valence-electron chi connectivity index (χ2n) is 10.6. The molecule has 0 radical (unpaired) electrons. The van der Waals surface area contributed by atoms with Crippen molar-refractivity contribution in [3.63, 3.8) is 0 Å². The van der Waals surface area contributed by atoms with E-state index < -0.39 is 17.7 Å². The standard InChI is InChI=1S/C32H34N2O5/c1-20(2)19-39-25-11-8-22(9-12-25)18-34-29(23-7-5-6-21(3)16-23)28(31(36)32(34)37)30(35)24-10-13-27-26(17-24)33(4)14-15-38-27/h5-13,16-17,20,29,35H,14-15,18-19H2,1-4H3/b30-28-. The number of nitrogens with zero attached hydrogens (tertiary/aromatic N) is 2. The monoisotopic (exact) mass is 526 g/mol. The highest BCUT2D eigenvalue weighted by Crippen LogP contribution is 2.42. The van der Waals surface area contributed by atoms with Gasteiger partial charge >= 0.3 is 0 Å². The minimum Gasteiger partial charge on any atom is -0.507 e. The van der Waals surface area contributed by atoms with Crippen LogP contribution in [0, 0.1) is 12.8 Å². The quantitative estimate of drug-likeness (QED) is 0.250. The van der Waals surface area contributed by atoms with Crippen molar-refractivity contribution in [3.8, 4) is 11.5 Å². The van der Waals surface area contributed by atoms with Gasteiger partial charge < -0.3 is 24.4 Å². The van der Waals surface area contributed by atoms with Gasteiger partial charge in [0.1, 0.15) is 23.9 Å². The molecule has 5 rings (SSSR count). The SMILES string of the molecule is Cc1cccc(C2/C(=C(/O)c3ccc4c(c3)N(C)CCO4)C(=O)C(=O)N2Cc2ccc(OCC(C)C)cc2)c1. The predicted molar refractivity (Wildman–Crippen MR) is 151 cm³/mol. The lowest BCUT2D eigenvalue weighted by Crippen LogP contribution is -2.29. The van der Waals surface area contributed by atoms with Crippen molar-refractivity contribution in [1.29, 1.82) is 0 Å². The highest BCUT2D eigenvalue weighted by atomic mass is 16.5. The van der Waals surface area contributed by atoms with Crippen molar-refractivity contribution in [2.45, 2.75) is 33.4 Å². The van der Waals surface area contributed by atoms with E-state index in [1.54, 1.807) is 23.1 Å². The summed E-state index contributed by atoms with van der Waals surface area (Å²) in [5, 5.41) is 11.5. The number of likely N-dealkylation sites (tertiary alicyclic amines) is 1. The third-order valence-electron chi connectivity index (χ3n) is 7.09. The minimum absolute atomic E-state index is 0.0850. The number of aryl methyl sites for hydroxylation is 1. The molecule has 0 aliphatic carbocycles. The maximum atomic E-state index is 13.5. The second-order valence-corrected chi connectivity index (χ2v) is 10.6. The number of anilines is 1. The first-order chi connectivity index (χ1) is 18.7. The Morgan fingerprint density at radius 1 is 1.08 bits per heavy atom. The van der Waals surface area contributed by atoms with E-state index in [4.69, 9.17) is 9.47 Å². The van der Waals surface area contributed by atoms with E-state index in [-0.39, 0.29) is 17.9 Å². The molecule has 0 bridgehead atoms. The third kappa shape index (κ3) is 5.35. The number of amides is 1. The van der Waals surface area contributed by atoms with E-state index in [9.17, 15) is 14.7 Å². The maximum absolute atomic E-state index is 13.5. The number of ether oxygens (including phenoxy) is 2. The maximum Gasteiger partial charge on any atom is 0.295 e. The van der Waals surface area contributed by atoms with Crippen LogP contribution in [0.25, 0.3) is 5.76 Å². The van der Waals surface area contributed by atoms with Crippen molar-refractivity contribution in [1.82, 2.24) is 4.90 Å². The molecule has 3 aromatic carbocycles. The molecule has 0 spiro atoms. The summed E-state index contributed by atoms with van der Waals surface area (Å²) in [5.41, 5.74) is 4.00. The van der Waals surface area contributed by atoms with Gasteiger partial charge in [0.15, 0.2) is 0 Å². The number of carbonyl (C=O) groups is 2. The van der Waals surface area contributed by atoms with Gasteiger partial charge in [-0.2, -0.15) is 0 Å². The molecule has 1 unspecified atom stereocenters. The number of hydrogen-bond donors (Lipinski definition) is 1. The smallest absolute Gasteiger partial charge is 0.295 e. The summed E-state index contributed by atoms with van der Waals surface area (Å²) >= 11 is 0. The van der Waals surface area contributed by atoms with Crippen molar-refractivity contribution in [2.75, 3.05) is 31.7 Å². The summed E-state index contributed by atoms with van der Waals surface area (Å²) < 4.78 is 11.5. The number of hydrogen-bond acceptors (Lipinski definition) is 6. The highest BCUT2D eigenvalue weighted by Gasteiger charge is 2.46. The molecule has 2 aliphatic rings. The van der Waals surface area contributed by atoms with Crippen LogP contribution in [0.3, 0.4) is 0 Å². The molecule has 1 atom stereocenters. The van der Waals surface area contributed by atoms with Gasteiger partial charge in [0, 0.05) is 19.2 Å². The lowest BCUT2D eigenvalue weighted by atomic mass is 9.94. The molecule has 7 heteroatoms. The fourth-order valence-corrected chi connectivity index (χ4v) is 5.03. The number of benzene rings is 3. The Morgan fingerprint density at radius 2 is 1.85 bits per heavy atom. The van der Waals surface area contributed by atoms with Crippen LogP contribution in [0.1, 0.15) is 42.1 Å². The molecule has 1 fully saturated rings. The molecule has 202 valence electrons. The Hall–Kier alpha value is -4.26. The summed E-state index contributed by atoms with van der Waals surface area (Å²) in [7, 11) is 1.95. The Kier molecular flexibility index (Phi) is 7.33. The first-order valence-electron chi connectivity index (χ1n) is 13.3. The van der Waals surface area contributed by atoms with Crippen molar-refractivity contribution in [2.24, 2.45) is 5.92 Å². The number of aliphatic hydroxyl groups excluding tert-OH is 1. The highest BCUT2D eigenvalue weighted by molar-refractivity contribution is 6.46. The number of fused-ring (bicyclic) bond motifs is 1. The van der Waals surface area contributed by atoms with Gasteiger partial charge in [0.25, 0.3) is 11.7 Å². The summed E-state index contributed by atoms with van der Waals surface area (Å²) in [5.74, 6) is 0.359. The van der Waals surface area contributed by atoms with Gasteiger partial charge in [-0.05, 0) is 54.3 Å². The Bertz CT molecular complexity index is 1430. The molecule has 1 N–H and O–H groups in total. The first kappa shape index (κ1) is 26.4. The van der Waals surface area contributed by atoms with Crippen LogP contribution in [0.5, 0.6) is 11.5 Å². The molecule has 0 saturated carbocycles. The number of Topliss-reactive ketones (excluding diaryl/α,β-unsaturated/α-hetero) is 1. The molecule has 1 amide bonds. The zero-order valence-electron chi connectivity index (χ0n) is 22.8. The van der Waals surface area contributed by atoms with Crippen LogP contribution in [0.2, 0.25) is 0 Å². The zero-order chi connectivity index (χ0) is 27.7. The normalized spacial score (nSPS) is 18.3. The summed E-state index contributed by atoms with van der Waals surface area (Å²) in [6, 6.07) is 19.9. The third-order valence-corrected chi connectivity index (χ3v) is 7.09. The number of aliphatic hydroxyl groups is 1. The number of ketones is 1.